The number of aryl methyl sites for hydroxylation is 2. The number of carbonyl (C=O) groups excluding carboxylic acids is 1. The van der Waals surface area contributed by atoms with Crippen LogP contribution >= 0.6 is 23.4 Å². The molecule has 0 aliphatic heterocycles. The van der Waals surface area contributed by atoms with Crippen LogP contribution in [-0.4, -0.2) is 21.6 Å². The topological polar surface area (TPSA) is 78.7 Å². The lowest BCUT2D eigenvalue weighted by Crippen LogP contribution is -2.16. The number of aromatic nitrogens is 2. The van der Waals surface area contributed by atoms with Crippen molar-refractivity contribution < 1.29 is 18.0 Å². The first-order valence-corrected chi connectivity index (χ1v) is 8.52. The van der Waals surface area contributed by atoms with Gasteiger partial charge < -0.3 is 5.32 Å². The first-order chi connectivity index (χ1) is 12.1. The highest BCUT2D eigenvalue weighted by molar-refractivity contribution is 8.00. The summed E-state index contributed by atoms with van der Waals surface area (Å²) in [4.78, 5) is 19.8. The van der Waals surface area contributed by atoms with Crippen LogP contribution in [0.5, 0.6) is 0 Å². The van der Waals surface area contributed by atoms with E-state index in [4.69, 9.17) is 11.6 Å². The molecule has 0 saturated heterocycles. The van der Waals surface area contributed by atoms with Crippen LogP contribution in [-0.2, 0) is 11.0 Å². The van der Waals surface area contributed by atoms with Crippen molar-refractivity contribution in [3.63, 3.8) is 0 Å². The second-order valence-corrected chi connectivity index (χ2v) is 6.63. The molecule has 2 aromatic heterocycles. The van der Waals surface area contributed by atoms with Crippen LogP contribution in [0.25, 0.3) is 0 Å². The molecule has 0 atom stereocenters. The molecule has 136 valence electrons. The number of amides is 1. The molecule has 1 amide bonds. The quantitative estimate of drug-likeness (QED) is 0.771. The van der Waals surface area contributed by atoms with Crippen molar-refractivity contribution in [2.75, 3.05) is 11.1 Å². The Balaban J connectivity index is 2.08. The number of nitrogens with zero attached hydrogens (tertiary/aromatic N) is 3. The number of pyridine rings is 2. The van der Waals surface area contributed by atoms with Crippen molar-refractivity contribution in [3.05, 3.63) is 45.7 Å². The number of thioether (sulfide) groups is 1. The Kier molecular flexibility index (Phi) is 6.10. The van der Waals surface area contributed by atoms with Crippen molar-refractivity contribution in [1.82, 2.24) is 9.97 Å². The summed E-state index contributed by atoms with van der Waals surface area (Å²) >= 11 is 6.79. The van der Waals surface area contributed by atoms with E-state index in [1.807, 2.05) is 6.07 Å². The number of hydrogen-bond donors (Lipinski definition) is 1. The number of nitrogens with one attached hydrogen (secondary N) is 1. The van der Waals surface area contributed by atoms with Gasteiger partial charge in [0.05, 0.1) is 21.9 Å². The molecule has 0 aliphatic rings. The molecule has 2 aromatic rings. The van der Waals surface area contributed by atoms with Gasteiger partial charge in [0.1, 0.15) is 11.1 Å². The van der Waals surface area contributed by atoms with E-state index in [1.165, 1.54) is 0 Å². The fraction of sp³-hybridized carbons (Fsp3) is 0.250. The third-order valence-corrected chi connectivity index (χ3v) is 4.45. The monoisotopic (exact) mass is 400 g/mol. The van der Waals surface area contributed by atoms with Gasteiger partial charge in [0.2, 0.25) is 5.91 Å². The lowest BCUT2D eigenvalue weighted by Gasteiger charge is -2.10. The third-order valence-electron chi connectivity index (χ3n) is 3.19. The number of hydrogen-bond acceptors (Lipinski definition) is 5. The van der Waals surface area contributed by atoms with Crippen molar-refractivity contribution in [2.45, 2.75) is 25.0 Å². The van der Waals surface area contributed by atoms with Crippen LogP contribution in [0.15, 0.2) is 23.4 Å². The molecule has 0 fully saturated rings. The molecule has 1 N–H and O–H groups in total. The largest absolute Gasteiger partial charge is 0.417 e. The van der Waals surface area contributed by atoms with Crippen molar-refractivity contribution in [1.29, 1.82) is 5.26 Å². The average molecular weight is 401 g/mol. The summed E-state index contributed by atoms with van der Waals surface area (Å²) in [7, 11) is 0. The SMILES string of the molecule is Cc1cc(C)c(C#N)c(SCC(=O)Nc2ncc(C(F)(F)F)cc2Cl)n1. The van der Waals surface area contributed by atoms with Crippen LogP contribution < -0.4 is 5.32 Å². The predicted octanol–water partition coefficient (Wildman–Crippen LogP) is 4.37. The molecule has 0 aliphatic carbocycles. The molecule has 0 saturated carbocycles. The minimum atomic E-state index is -4.57. The van der Waals surface area contributed by atoms with Gasteiger partial charge in [0.25, 0.3) is 0 Å². The summed E-state index contributed by atoms with van der Waals surface area (Å²) in [5, 5.41) is 11.6. The van der Waals surface area contributed by atoms with E-state index in [-0.39, 0.29) is 16.6 Å². The molecular weight excluding hydrogens is 389 g/mol. The fourth-order valence-electron chi connectivity index (χ4n) is 2.03. The van der Waals surface area contributed by atoms with Gasteiger partial charge >= 0.3 is 6.18 Å². The second kappa shape index (κ2) is 7.93. The van der Waals surface area contributed by atoms with Crippen molar-refractivity contribution in [2.24, 2.45) is 0 Å². The van der Waals surface area contributed by atoms with Gasteiger partial charge in [-0.25, -0.2) is 9.97 Å². The molecule has 10 heteroatoms. The zero-order chi connectivity index (χ0) is 19.5. The minimum absolute atomic E-state index is 0.108. The fourth-order valence-corrected chi connectivity index (χ4v) is 3.14. The van der Waals surface area contributed by atoms with Crippen LogP contribution in [0, 0.1) is 25.2 Å². The molecule has 0 spiro atoms. The van der Waals surface area contributed by atoms with E-state index >= 15 is 0 Å². The highest BCUT2D eigenvalue weighted by atomic mass is 35.5. The molecular formula is C16H12ClF3N4OS. The zero-order valence-electron chi connectivity index (χ0n) is 13.6. The van der Waals surface area contributed by atoms with Crippen LogP contribution in [0.2, 0.25) is 5.02 Å². The maximum Gasteiger partial charge on any atom is 0.417 e. The molecule has 26 heavy (non-hydrogen) atoms. The number of nitriles is 1. The number of halogens is 4. The molecule has 2 heterocycles. The maximum absolute atomic E-state index is 12.6. The van der Waals surface area contributed by atoms with E-state index in [0.29, 0.717) is 28.5 Å². The van der Waals surface area contributed by atoms with E-state index in [2.05, 4.69) is 15.3 Å². The normalized spacial score (nSPS) is 11.1. The Hall–Kier alpha value is -2.31. The predicted molar refractivity (Wildman–Crippen MR) is 92.0 cm³/mol. The first kappa shape index (κ1) is 20.0. The molecule has 2 rings (SSSR count). The molecule has 0 bridgehead atoms. The Morgan fingerprint density at radius 2 is 2.08 bits per heavy atom. The molecule has 5 nitrogen and oxygen atoms in total. The van der Waals surface area contributed by atoms with Gasteiger partial charge in [-0.3, -0.25) is 4.79 Å². The third kappa shape index (κ3) is 4.86. The van der Waals surface area contributed by atoms with Gasteiger partial charge in [0, 0.05) is 11.9 Å². The van der Waals surface area contributed by atoms with E-state index in [0.717, 1.165) is 17.3 Å². The Bertz CT molecular complexity index is 896. The second-order valence-electron chi connectivity index (χ2n) is 5.26. The van der Waals surface area contributed by atoms with Gasteiger partial charge in [-0.2, -0.15) is 18.4 Å². The summed E-state index contributed by atoms with van der Waals surface area (Å²) in [5.74, 6) is -0.808. The average Bonchev–Trinajstić information content (AvgIpc) is 2.53. The molecule has 0 aromatic carbocycles. The number of carbonyl (C=O) groups is 1. The Morgan fingerprint density at radius 1 is 1.38 bits per heavy atom. The number of rotatable bonds is 4. The highest BCUT2D eigenvalue weighted by Crippen LogP contribution is 2.32. The molecule has 0 unspecified atom stereocenters. The minimum Gasteiger partial charge on any atom is -0.309 e. The standard InChI is InChI=1S/C16H12ClF3N4OS/c1-8-3-9(2)23-15(11(8)5-21)26-7-13(25)24-14-12(17)4-10(6-22-14)16(18,19)20/h3-4,6H,7H2,1-2H3,(H,22,24,25). The zero-order valence-corrected chi connectivity index (χ0v) is 15.2. The lowest BCUT2D eigenvalue weighted by atomic mass is 10.1. The smallest absolute Gasteiger partial charge is 0.309 e. The van der Waals surface area contributed by atoms with Gasteiger partial charge in [-0.05, 0) is 31.5 Å². The van der Waals surface area contributed by atoms with Crippen molar-refractivity contribution >= 4 is 35.1 Å². The summed E-state index contributed by atoms with van der Waals surface area (Å²) in [6.07, 6.45) is -3.98. The van der Waals surface area contributed by atoms with Gasteiger partial charge in [-0.15, -0.1) is 0 Å². The van der Waals surface area contributed by atoms with E-state index in [9.17, 15) is 23.2 Å². The van der Waals surface area contributed by atoms with Crippen molar-refractivity contribution in [3.8, 4) is 6.07 Å². The summed E-state index contributed by atoms with van der Waals surface area (Å²) in [6, 6.07) is 4.49. The summed E-state index contributed by atoms with van der Waals surface area (Å²) < 4.78 is 37.8. The summed E-state index contributed by atoms with van der Waals surface area (Å²) in [6.45, 7) is 3.54. The maximum atomic E-state index is 12.6. The molecule has 0 radical (unpaired) electrons. The Morgan fingerprint density at radius 3 is 2.65 bits per heavy atom. The van der Waals surface area contributed by atoms with E-state index < -0.39 is 17.6 Å². The summed E-state index contributed by atoms with van der Waals surface area (Å²) in [5.41, 5.74) is 0.819. The number of alkyl halides is 3. The van der Waals surface area contributed by atoms with E-state index in [1.54, 1.807) is 19.9 Å². The van der Waals surface area contributed by atoms with Gasteiger partial charge in [0.15, 0.2) is 5.82 Å². The first-order valence-electron chi connectivity index (χ1n) is 7.15. The van der Waals surface area contributed by atoms with Gasteiger partial charge in [-0.1, -0.05) is 23.4 Å². The highest BCUT2D eigenvalue weighted by Gasteiger charge is 2.31. The van der Waals surface area contributed by atoms with Crippen LogP contribution in [0.4, 0.5) is 19.0 Å². The Labute approximate surface area is 156 Å². The lowest BCUT2D eigenvalue weighted by molar-refractivity contribution is -0.137. The van der Waals surface area contributed by atoms with Crippen LogP contribution in [0.1, 0.15) is 22.4 Å². The van der Waals surface area contributed by atoms with Crippen LogP contribution in [0.3, 0.4) is 0 Å². The number of anilines is 1.